The lowest BCUT2D eigenvalue weighted by atomic mass is 10.1. The van der Waals surface area contributed by atoms with Crippen molar-refractivity contribution in [1.29, 1.82) is 0 Å². The number of aliphatic hydroxyl groups excluding tert-OH is 1. The lowest BCUT2D eigenvalue weighted by molar-refractivity contribution is 0.173. The molecule has 1 heterocycles. The van der Waals surface area contributed by atoms with Gasteiger partial charge in [0.1, 0.15) is 19.0 Å². The van der Waals surface area contributed by atoms with Gasteiger partial charge in [0.2, 0.25) is 6.79 Å². The van der Waals surface area contributed by atoms with Crippen LogP contribution in [-0.4, -0.2) is 18.5 Å². The van der Waals surface area contributed by atoms with E-state index in [0.29, 0.717) is 12.4 Å². The summed E-state index contributed by atoms with van der Waals surface area (Å²) < 4.78 is 16.3. The molecule has 0 radical (unpaired) electrons. The normalized spacial score (nSPS) is 11.7. The largest absolute Gasteiger partial charge is 0.489 e. The smallest absolute Gasteiger partial charge is 0.231 e. The summed E-state index contributed by atoms with van der Waals surface area (Å²) in [5.74, 6) is 7.67. The van der Waals surface area contributed by atoms with E-state index < -0.39 is 0 Å². The molecule has 106 valence electrons. The van der Waals surface area contributed by atoms with Crippen molar-refractivity contribution >= 4 is 0 Å². The van der Waals surface area contributed by atoms with Crippen LogP contribution >= 0.6 is 0 Å². The molecule has 0 unspecified atom stereocenters. The van der Waals surface area contributed by atoms with Crippen LogP contribution in [-0.2, 0) is 6.61 Å². The van der Waals surface area contributed by atoms with Crippen molar-refractivity contribution in [1.82, 2.24) is 0 Å². The molecule has 0 spiro atoms. The molecule has 2 aromatic carbocycles. The minimum Gasteiger partial charge on any atom is -0.489 e. The van der Waals surface area contributed by atoms with Gasteiger partial charge in [0.25, 0.3) is 0 Å². The third kappa shape index (κ3) is 3.28. The van der Waals surface area contributed by atoms with Gasteiger partial charge >= 0.3 is 0 Å². The van der Waals surface area contributed by atoms with Crippen molar-refractivity contribution in [2.45, 2.75) is 6.61 Å². The highest BCUT2D eigenvalue weighted by atomic mass is 16.7. The van der Waals surface area contributed by atoms with Gasteiger partial charge in [-0.3, -0.25) is 0 Å². The van der Waals surface area contributed by atoms with Gasteiger partial charge in [-0.1, -0.05) is 24.0 Å². The number of rotatable bonds is 3. The molecular formula is C17H14O4. The molecule has 0 amide bonds. The Kier molecular flexibility index (Phi) is 3.95. The molecule has 0 aliphatic carbocycles. The van der Waals surface area contributed by atoms with Crippen molar-refractivity contribution in [3.8, 4) is 29.1 Å². The summed E-state index contributed by atoms with van der Waals surface area (Å²) in [6.07, 6.45) is 0. The minimum absolute atomic E-state index is 0.141. The summed E-state index contributed by atoms with van der Waals surface area (Å²) in [5, 5.41) is 8.71. The molecule has 0 saturated carbocycles. The van der Waals surface area contributed by atoms with Crippen molar-refractivity contribution in [2.75, 3.05) is 13.4 Å². The Bertz CT molecular complexity index is 697. The Morgan fingerprint density at radius 3 is 2.90 bits per heavy atom. The number of fused-ring (bicyclic) bond motifs is 1. The molecule has 4 nitrogen and oxygen atoms in total. The summed E-state index contributed by atoms with van der Waals surface area (Å²) in [4.78, 5) is 0. The SMILES string of the molecule is OCC#Cc1cccc(COc2ccc3c(c2)OCO3)c1. The topological polar surface area (TPSA) is 47.9 Å². The average Bonchev–Trinajstić information content (AvgIpc) is 2.99. The highest BCUT2D eigenvalue weighted by Crippen LogP contribution is 2.35. The van der Waals surface area contributed by atoms with Gasteiger partial charge in [-0.25, -0.2) is 0 Å². The first kappa shape index (κ1) is 13.3. The lowest BCUT2D eigenvalue weighted by Gasteiger charge is -2.07. The van der Waals surface area contributed by atoms with Gasteiger partial charge in [-0.05, 0) is 29.8 Å². The van der Waals surface area contributed by atoms with Crippen LogP contribution in [0.25, 0.3) is 0 Å². The molecule has 0 fully saturated rings. The fourth-order valence-electron chi connectivity index (χ4n) is 2.01. The van der Waals surface area contributed by atoms with E-state index in [2.05, 4.69) is 11.8 Å². The van der Waals surface area contributed by atoms with Gasteiger partial charge in [0.05, 0.1) is 0 Å². The van der Waals surface area contributed by atoms with Crippen molar-refractivity contribution in [3.63, 3.8) is 0 Å². The first-order valence-electron chi connectivity index (χ1n) is 6.56. The van der Waals surface area contributed by atoms with E-state index in [-0.39, 0.29) is 13.4 Å². The predicted molar refractivity (Wildman–Crippen MR) is 77.3 cm³/mol. The van der Waals surface area contributed by atoms with E-state index in [1.165, 1.54) is 0 Å². The number of hydrogen-bond donors (Lipinski definition) is 1. The van der Waals surface area contributed by atoms with Crippen LogP contribution in [0, 0.1) is 11.8 Å². The van der Waals surface area contributed by atoms with Gasteiger partial charge in [0.15, 0.2) is 11.5 Å². The second-order valence-electron chi connectivity index (χ2n) is 4.46. The molecular weight excluding hydrogens is 268 g/mol. The summed E-state index contributed by atoms with van der Waals surface area (Å²) in [6.45, 7) is 0.552. The molecule has 1 aliphatic heterocycles. The van der Waals surface area contributed by atoms with E-state index in [4.69, 9.17) is 19.3 Å². The highest BCUT2D eigenvalue weighted by molar-refractivity contribution is 5.47. The quantitative estimate of drug-likeness (QED) is 0.878. The Hall–Kier alpha value is -2.64. The summed E-state index contributed by atoms with van der Waals surface area (Å²) >= 11 is 0. The summed E-state index contributed by atoms with van der Waals surface area (Å²) in [7, 11) is 0. The minimum atomic E-state index is -0.141. The van der Waals surface area contributed by atoms with Crippen LogP contribution in [0.3, 0.4) is 0 Å². The third-order valence-corrected chi connectivity index (χ3v) is 2.99. The van der Waals surface area contributed by atoms with E-state index >= 15 is 0 Å². The third-order valence-electron chi connectivity index (χ3n) is 2.99. The fourth-order valence-corrected chi connectivity index (χ4v) is 2.01. The monoisotopic (exact) mass is 282 g/mol. The molecule has 21 heavy (non-hydrogen) atoms. The summed E-state index contributed by atoms with van der Waals surface area (Å²) in [6, 6.07) is 13.2. The van der Waals surface area contributed by atoms with Crippen LogP contribution in [0.2, 0.25) is 0 Å². The van der Waals surface area contributed by atoms with Crippen LogP contribution in [0.4, 0.5) is 0 Å². The Labute approximate surface area is 122 Å². The van der Waals surface area contributed by atoms with Crippen LogP contribution in [0.1, 0.15) is 11.1 Å². The highest BCUT2D eigenvalue weighted by Gasteiger charge is 2.13. The summed E-state index contributed by atoms with van der Waals surface area (Å²) in [5.41, 5.74) is 1.87. The number of hydrogen-bond acceptors (Lipinski definition) is 4. The molecule has 1 N–H and O–H groups in total. The Balaban J connectivity index is 1.67. The molecule has 0 bridgehead atoms. The zero-order chi connectivity index (χ0) is 14.5. The van der Waals surface area contributed by atoms with Gasteiger partial charge in [-0.2, -0.15) is 0 Å². The molecule has 0 atom stereocenters. The van der Waals surface area contributed by atoms with Gasteiger partial charge in [0, 0.05) is 11.6 Å². The van der Waals surface area contributed by atoms with Gasteiger partial charge < -0.3 is 19.3 Å². The molecule has 0 saturated heterocycles. The van der Waals surface area contributed by atoms with E-state index in [1.54, 1.807) is 0 Å². The Morgan fingerprint density at radius 1 is 1.10 bits per heavy atom. The standard InChI is InChI=1S/C17H14O4/c18-8-2-5-13-3-1-4-14(9-13)11-19-15-6-7-16-17(10-15)21-12-20-16/h1,3-4,6-7,9-10,18H,8,11-12H2. The second kappa shape index (κ2) is 6.21. The Morgan fingerprint density at radius 2 is 2.00 bits per heavy atom. The average molecular weight is 282 g/mol. The van der Waals surface area contributed by atoms with Crippen LogP contribution < -0.4 is 14.2 Å². The van der Waals surface area contributed by atoms with Crippen LogP contribution in [0.5, 0.6) is 17.2 Å². The van der Waals surface area contributed by atoms with Crippen molar-refractivity contribution in [3.05, 3.63) is 53.6 Å². The zero-order valence-corrected chi connectivity index (χ0v) is 11.3. The number of ether oxygens (including phenoxy) is 3. The first-order valence-corrected chi connectivity index (χ1v) is 6.56. The van der Waals surface area contributed by atoms with Crippen molar-refractivity contribution in [2.24, 2.45) is 0 Å². The second-order valence-corrected chi connectivity index (χ2v) is 4.46. The van der Waals surface area contributed by atoms with Crippen LogP contribution in [0.15, 0.2) is 42.5 Å². The molecule has 3 rings (SSSR count). The molecule has 0 aromatic heterocycles. The molecule has 1 aliphatic rings. The number of benzene rings is 2. The van der Waals surface area contributed by atoms with E-state index in [0.717, 1.165) is 22.6 Å². The fraction of sp³-hybridized carbons (Fsp3) is 0.176. The van der Waals surface area contributed by atoms with E-state index in [1.807, 2.05) is 42.5 Å². The number of aliphatic hydroxyl groups is 1. The lowest BCUT2D eigenvalue weighted by Crippen LogP contribution is -1.96. The molecule has 4 heteroatoms. The first-order chi connectivity index (χ1) is 10.3. The van der Waals surface area contributed by atoms with Crippen molar-refractivity contribution < 1.29 is 19.3 Å². The maximum absolute atomic E-state index is 8.71. The molecule has 2 aromatic rings. The maximum Gasteiger partial charge on any atom is 0.231 e. The zero-order valence-electron chi connectivity index (χ0n) is 11.3. The maximum atomic E-state index is 8.71. The predicted octanol–water partition coefficient (Wildman–Crippen LogP) is 2.34. The van der Waals surface area contributed by atoms with Gasteiger partial charge in [-0.15, -0.1) is 0 Å². The van der Waals surface area contributed by atoms with E-state index in [9.17, 15) is 0 Å².